The largest absolute Gasteiger partial charge is 0.400 e. The number of nitrogens with two attached hydrogens (primary N) is 1. The van der Waals surface area contributed by atoms with Gasteiger partial charge in [-0.3, -0.25) is 10.3 Å². The third-order valence-electron chi connectivity index (χ3n) is 4.92. The first-order valence-corrected chi connectivity index (χ1v) is 9.86. The Bertz CT molecular complexity index is 1150. The quantitative estimate of drug-likeness (QED) is 0.676. The number of morpholine rings is 1. The SMILES string of the molecule is C/C(N)=c1\nc(-c2ccccc2Cl)c2c(nc1=N)C=C(CN1CCOCC1)NC=2. The molecule has 0 spiro atoms. The fraction of sp³-hybridized carbons (Fsp3) is 0.286. The molecular weight excluding hydrogens is 388 g/mol. The zero-order valence-electron chi connectivity index (χ0n) is 16.2. The Labute approximate surface area is 173 Å². The number of ether oxygens (including phenoxy) is 1. The van der Waals surface area contributed by atoms with Gasteiger partial charge in [-0.1, -0.05) is 29.8 Å². The highest BCUT2D eigenvalue weighted by atomic mass is 35.5. The topological polar surface area (TPSA) is 100 Å². The molecular formula is C21H23ClN6O. The van der Waals surface area contributed by atoms with Crippen molar-refractivity contribution >= 4 is 29.6 Å². The first kappa shape index (κ1) is 19.6. The minimum atomic E-state index is 0.0387. The van der Waals surface area contributed by atoms with Gasteiger partial charge < -0.3 is 15.8 Å². The number of nitrogens with zero attached hydrogens (tertiary/aromatic N) is 3. The Kier molecular flexibility index (Phi) is 5.62. The molecule has 4 N–H and O–H groups in total. The lowest BCUT2D eigenvalue weighted by atomic mass is 10.1. The van der Waals surface area contributed by atoms with Crippen LogP contribution in [0.2, 0.25) is 5.02 Å². The first-order chi connectivity index (χ1) is 14.0. The number of rotatable bonds is 3. The Balaban J connectivity index is 1.89. The van der Waals surface area contributed by atoms with E-state index in [1.165, 1.54) is 0 Å². The van der Waals surface area contributed by atoms with Crippen molar-refractivity contribution in [1.82, 2.24) is 20.2 Å². The van der Waals surface area contributed by atoms with Gasteiger partial charge in [0.05, 0.1) is 24.6 Å². The average molecular weight is 411 g/mol. The molecule has 7 nitrogen and oxygen atoms in total. The summed E-state index contributed by atoms with van der Waals surface area (Å²) in [6, 6.07) is 7.51. The van der Waals surface area contributed by atoms with Crippen molar-refractivity contribution in [2.45, 2.75) is 6.92 Å². The molecule has 29 heavy (non-hydrogen) atoms. The molecule has 2 aliphatic heterocycles. The van der Waals surface area contributed by atoms with Crippen LogP contribution >= 0.6 is 11.6 Å². The molecule has 1 aromatic heterocycles. The van der Waals surface area contributed by atoms with Crippen LogP contribution in [-0.2, 0) is 4.74 Å². The van der Waals surface area contributed by atoms with E-state index in [1.807, 2.05) is 36.5 Å². The molecule has 2 aliphatic rings. The summed E-state index contributed by atoms with van der Waals surface area (Å²) in [7, 11) is 0. The van der Waals surface area contributed by atoms with E-state index in [9.17, 15) is 0 Å². The van der Waals surface area contributed by atoms with Gasteiger partial charge in [-0.2, -0.15) is 0 Å². The second-order valence-corrected chi connectivity index (χ2v) is 7.49. The number of halogens is 1. The van der Waals surface area contributed by atoms with Crippen LogP contribution in [0.15, 0.2) is 30.0 Å². The van der Waals surface area contributed by atoms with Gasteiger partial charge in [0, 0.05) is 53.0 Å². The van der Waals surface area contributed by atoms with E-state index in [2.05, 4.69) is 15.2 Å². The summed E-state index contributed by atoms with van der Waals surface area (Å²) < 4.78 is 5.42. The molecule has 4 rings (SSSR count). The minimum Gasteiger partial charge on any atom is -0.400 e. The smallest absolute Gasteiger partial charge is 0.173 e. The lowest BCUT2D eigenvalue weighted by molar-refractivity contribution is 0.0419. The van der Waals surface area contributed by atoms with Gasteiger partial charge >= 0.3 is 0 Å². The normalized spacial score (nSPS) is 17.5. The molecule has 3 heterocycles. The van der Waals surface area contributed by atoms with Gasteiger partial charge in [-0.05, 0) is 19.1 Å². The van der Waals surface area contributed by atoms with E-state index in [0.29, 0.717) is 27.5 Å². The van der Waals surface area contributed by atoms with Crippen LogP contribution in [0.25, 0.3) is 29.2 Å². The van der Waals surface area contributed by atoms with Crippen molar-refractivity contribution in [1.29, 1.82) is 5.41 Å². The third kappa shape index (κ3) is 4.17. The second-order valence-electron chi connectivity index (χ2n) is 7.08. The standard InChI is InChI=1S/C21H23ClN6O/c1-13(23)19-21(24)26-18-10-14(12-28-6-8-29-9-7-28)25-11-16(18)20(27-19)15-4-2-3-5-17(15)22/h2-5,10-11,24-25H,6-9,12,23H2,1H3/b19-13+,24-21?. The fourth-order valence-electron chi connectivity index (χ4n) is 3.43. The van der Waals surface area contributed by atoms with Crippen LogP contribution in [0.4, 0.5) is 0 Å². The summed E-state index contributed by atoms with van der Waals surface area (Å²) in [5.74, 6) is 0. The van der Waals surface area contributed by atoms with Crippen molar-refractivity contribution in [3.8, 4) is 11.3 Å². The lowest BCUT2D eigenvalue weighted by Gasteiger charge is -2.28. The molecule has 0 amide bonds. The first-order valence-electron chi connectivity index (χ1n) is 9.48. The average Bonchev–Trinajstić information content (AvgIpc) is 2.85. The number of fused-ring (bicyclic) bond motifs is 1. The van der Waals surface area contributed by atoms with Crippen LogP contribution in [0.3, 0.4) is 0 Å². The van der Waals surface area contributed by atoms with Crippen LogP contribution in [-0.4, -0.2) is 47.7 Å². The van der Waals surface area contributed by atoms with E-state index in [0.717, 1.165) is 49.3 Å². The van der Waals surface area contributed by atoms with E-state index < -0.39 is 0 Å². The lowest BCUT2D eigenvalue weighted by Crippen LogP contribution is -2.39. The molecule has 0 bridgehead atoms. The third-order valence-corrected chi connectivity index (χ3v) is 5.25. The van der Waals surface area contributed by atoms with Gasteiger partial charge in [-0.15, -0.1) is 0 Å². The van der Waals surface area contributed by atoms with Gasteiger partial charge in [-0.25, -0.2) is 9.97 Å². The molecule has 1 aromatic carbocycles. The molecule has 1 saturated heterocycles. The maximum atomic E-state index is 8.39. The van der Waals surface area contributed by atoms with E-state index in [4.69, 9.17) is 32.5 Å². The van der Waals surface area contributed by atoms with Crippen molar-refractivity contribution in [2.75, 3.05) is 32.8 Å². The number of benzene rings is 1. The zero-order valence-corrected chi connectivity index (χ0v) is 17.0. The maximum absolute atomic E-state index is 8.39. The maximum Gasteiger partial charge on any atom is 0.173 e. The number of hydrogen-bond donors (Lipinski definition) is 3. The van der Waals surface area contributed by atoms with Crippen LogP contribution in [0.5, 0.6) is 0 Å². The van der Waals surface area contributed by atoms with E-state index in [-0.39, 0.29) is 5.49 Å². The Morgan fingerprint density at radius 2 is 2.03 bits per heavy atom. The molecule has 2 aromatic rings. The highest BCUT2D eigenvalue weighted by molar-refractivity contribution is 6.33. The molecule has 0 saturated carbocycles. The minimum absolute atomic E-state index is 0.0387. The predicted octanol–water partition coefficient (Wildman–Crippen LogP) is 0.378. The number of hydrogen-bond acceptors (Lipinski definition) is 7. The molecule has 0 atom stereocenters. The summed E-state index contributed by atoms with van der Waals surface area (Å²) in [6.45, 7) is 5.75. The molecule has 0 radical (unpaired) electrons. The van der Waals surface area contributed by atoms with E-state index in [1.54, 1.807) is 6.92 Å². The van der Waals surface area contributed by atoms with Gasteiger partial charge in [0.2, 0.25) is 0 Å². The number of nitrogens with one attached hydrogen (secondary N) is 2. The van der Waals surface area contributed by atoms with Gasteiger partial charge in [0.15, 0.2) is 5.49 Å². The highest BCUT2D eigenvalue weighted by Crippen LogP contribution is 2.23. The van der Waals surface area contributed by atoms with Crippen molar-refractivity contribution in [3.63, 3.8) is 0 Å². The van der Waals surface area contributed by atoms with Crippen LogP contribution in [0, 0.1) is 5.41 Å². The molecule has 150 valence electrons. The van der Waals surface area contributed by atoms with Gasteiger partial charge in [0.1, 0.15) is 5.35 Å². The summed E-state index contributed by atoms with van der Waals surface area (Å²) in [6.07, 6.45) is 3.86. The zero-order chi connectivity index (χ0) is 20.4. The Morgan fingerprint density at radius 3 is 2.76 bits per heavy atom. The molecule has 8 heteroatoms. The predicted molar refractivity (Wildman–Crippen MR) is 114 cm³/mol. The second kappa shape index (κ2) is 8.32. The summed E-state index contributed by atoms with van der Waals surface area (Å²) in [4.78, 5) is 11.5. The summed E-state index contributed by atoms with van der Waals surface area (Å²) in [5.41, 5.74) is 9.58. The fourth-order valence-corrected chi connectivity index (χ4v) is 3.65. The molecule has 0 unspecified atom stereocenters. The highest BCUT2D eigenvalue weighted by Gasteiger charge is 2.16. The van der Waals surface area contributed by atoms with Crippen molar-refractivity contribution < 1.29 is 4.74 Å². The van der Waals surface area contributed by atoms with Crippen LogP contribution < -0.4 is 27.1 Å². The Morgan fingerprint density at radius 1 is 1.28 bits per heavy atom. The van der Waals surface area contributed by atoms with Crippen LogP contribution in [0.1, 0.15) is 12.6 Å². The monoisotopic (exact) mass is 410 g/mol. The molecule has 0 aliphatic carbocycles. The summed E-state index contributed by atoms with van der Waals surface area (Å²) in [5, 5.41) is 13.5. The Hall–Kier alpha value is -2.74. The van der Waals surface area contributed by atoms with Crippen molar-refractivity contribution in [2.24, 2.45) is 5.73 Å². The van der Waals surface area contributed by atoms with Crippen molar-refractivity contribution in [3.05, 3.63) is 56.7 Å². The van der Waals surface area contributed by atoms with E-state index >= 15 is 0 Å². The molecule has 1 fully saturated rings. The van der Waals surface area contributed by atoms with Gasteiger partial charge in [0.25, 0.3) is 0 Å². The summed E-state index contributed by atoms with van der Waals surface area (Å²) >= 11 is 6.46. The number of aromatic nitrogens is 2.